The Kier molecular flexibility index (Phi) is 6.41. The summed E-state index contributed by atoms with van der Waals surface area (Å²) in [4.78, 5) is 24.1. The van der Waals surface area contributed by atoms with Crippen molar-refractivity contribution in [2.24, 2.45) is 0 Å². The summed E-state index contributed by atoms with van der Waals surface area (Å²) in [6.45, 7) is 0.404. The van der Waals surface area contributed by atoms with Gasteiger partial charge in [-0.25, -0.2) is 0 Å². The molecule has 0 bridgehead atoms. The minimum Gasteiger partial charge on any atom is -0.493 e. The number of carbonyl (C=O) groups excluding carboxylic acids is 2. The number of benzene rings is 2. The van der Waals surface area contributed by atoms with Crippen molar-refractivity contribution in [1.29, 1.82) is 0 Å². The fraction of sp³-hybridized carbons (Fsp3) is 0.300. The molecule has 0 fully saturated rings. The molecule has 1 aliphatic rings. The number of halogens is 1. The Labute approximate surface area is 171 Å². The molecule has 0 radical (unpaired) electrons. The van der Waals surface area contributed by atoms with Crippen molar-refractivity contribution < 1.29 is 23.8 Å². The van der Waals surface area contributed by atoms with E-state index in [1.54, 1.807) is 18.2 Å². The number of rotatable bonds is 6. The van der Waals surface area contributed by atoms with E-state index >= 15 is 0 Å². The molecule has 2 amide bonds. The number of nitrogens with one attached hydrogen (secondary N) is 2. The number of hydrogen-bond acceptors (Lipinski definition) is 5. The van der Waals surface area contributed by atoms with Gasteiger partial charge in [-0.3, -0.25) is 9.59 Å². The maximum Gasteiger partial charge on any atom is 0.257 e. The molecule has 1 heterocycles. The van der Waals surface area contributed by atoms with Crippen molar-refractivity contribution in [3.8, 4) is 17.2 Å². The smallest absolute Gasteiger partial charge is 0.257 e. The average molecular weight is 449 g/mol. The molecule has 0 aromatic heterocycles. The Balaban J connectivity index is 1.75. The van der Waals surface area contributed by atoms with Gasteiger partial charge in [-0.1, -0.05) is 15.9 Å². The molecular formula is C20H21BrN2O5. The summed E-state index contributed by atoms with van der Waals surface area (Å²) in [5, 5.41) is 5.53. The molecule has 0 aliphatic carbocycles. The summed E-state index contributed by atoms with van der Waals surface area (Å²) in [5.41, 5.74) is 1.37. The van der Waals surface area contributed by atoms with Crippen molar-refractivity contribution in [3.63, 3.8) is 0 Å². The van der Waals surface area contributed by atoms with E-state index in [0.29, 0.717) is 30.1 Å². The maximum absolute atomic E-state index is 12.8. The van der Waals surface area contributed by atoms with Crippen molar-refractivity contribution in [3.05, 3.63) is 52.0 Å². The predicted molar refractivity (Wildman–Crippen MR) is 107 cm³/mol. The summed E-state index contributed by atoms with van der Waals surface area (Å²) in [7, 11) is 3.01. The fourth-order valence-electron chi connectivity index (χ4n) is 2.90. The van der Waals surface area contributed by atoms with E-state index < -0.39 is 0 Å². The lowest BCUT2D eigenvalue weighted by molar-refractivity contribution is -0.122. The van der Waals surface area contributed by atoms with Crippen LogP contribution < -0.4 is 24.8 Å². The Hall–Kier alpha value is -2.74. The number of fused-ring (bicyclic) bond motifs is 1. The molecule has 2 aromatic rings. The van der Waals surface area contributed by atoms with E-state index in [2.05, 4.69) is 26.6 Å². The third-order valence-electron chi connectivity index (χ3n) is 4.38. The highest BCUT2D eigenvalue weighted by molar-refractivity contribution is 9.10. The van der Waals surface area contributed by atoms with Gasteiger partial charge >= 0.3 is 0 Å². The summed E-state index contributed by atoms with van der Waals surface area (Å²) in [6.07, 6.45) is 0.680. The zero-order chi connectivity index (χ0) is 20.1. The van der Waals surface area contributed by atoms with Crippen LogP contribution in [0, 0.1) is 0 Å². The third kappa shape index (κ3) is 4.56. The van der Waals surface area contributed by atoms with Crippen LogP contribution in [0.2, 0.25) is 0 Å². The Morgan fingerprint density at radius 1 is 1.21 bits per heavy atom. The lowest BCUT2D eigenvalue weighted by atomic mass is 10.00. The first-order chi connectivity index (χ1) is 13.5. The molecule has 28 heavy (non-hydrogen) atoms. The van der Waals surface area contributed by atoms with E-state index in [0.717, 1.165) is 15.8 Å². The van der Waals surface area contributed by atoms with Gasteiger partial charge in [0.25, 0.3) is 11.8 Å². The van der Waals surface area contributed by atoms with E-state index in [4.69, 9.17) is 14.2 Å². The van der Waals surface area contributed by atoms with Crippen molar-refractivity contribution in [1.82, 2.24) is 10.6 Å². The summed E-state index contributed by atoms with van der Waals surface area (Å²) in [6, 6.07) is 10.4. The highest BCUT2D eigenvalue weighted by atomic mass is 79.9. The van der Waals surface area contributed by atoms with Gasteiger partial charge in [-0.05, 0) is 36.4 Å². The first kappa shape index (κ1) is 20.0. The molecule has 148 valence electrons. The Morgan fingerprint density at radius 2 is 2.04 bits per heavy atom. The van der Waals surface area contributed by atoms with Crippen LogP contribution in [-0.2, 0) is 4.79 Å². The molecule has 2 N–H and O–H groups in total. The van der Waals surface area contributed by atoms with Crippen LogP contribution in [-0.4, -0.2) is 39.2 Å². The van der Waals surface area contributed by atoms with E-state index in [1.165, 1.54) is 14.2 Å². The molecule has 3 rings (SSSR count). The van der Waals surface area contributed by atoms with Gasteiger partial charge in [0.05, 0.1) is 19.8 Å². The number of likely N-dealkylation sites (N-methyl/N-ethyl adjacent to an activating group) is 1. The molecule has 1 aliphatic heterocycles. The fourth-order valence-corrected chi connectivity index (χ4v) is 3.28. The van der Waals surface area contributed by atoms with Gasteiger partial charge < -0.3 is 24.8 Å². The highest BCUT2D eigenvalue weighted by Gasteiger charge is 2.24. The van der Waals surface area contributed by atoms with Crippen LogP contribution >= 0.6 is 15.9 Å². The average Bonchev–Trinajstić information content (AvgIpc) is 2.72. The molecule has 8 heteroatoms. The molecule has 2 aromatic carbocycles. The second kappa shape index (κ2) is 8.97. The molecule has 7 nitrogen and oxygen atoms in total. The standard InChI is InChI=1S/C20H21BrN2O5/c1-22-19(24)11-28-17-5-3-12(9-18(17)26-2)20(25)23-15-7-8-27-16-6-4-13(21)10-14(15)16/h3-6,9-10,15H,7-8,11H2,1-2H3,(H,22,24)(H,23,25). The molecule has 1 unspecified atom stereocenters. The predicted octanol–water partition coefficient (Wildman–Crippen LogP) is 2.84. The third-order valence-corrected chi connectivity index (χ3v) is 4.87. The van der Waals surface area contributed by atoms with Crippen LogP contribution in [0.15, 0.2) is 40.9 Å². The number of ether oxygens (including phenoxy) is 3. The zero-order valence-corrected chi connectivity index (χ0v) is 17.2. The van der Waals surface area contributed by atoms with E-state index in [1.807, 2.05) is 18.2 Å². The van der Waals surface area contributed by atoms with Gasteiger partial charge in [0.2, 0.25) is 0 Å². The molecule has 0 saturated heterocycles. The van der Waals surface area contributed by atoms with Crippen LogP contribution in [0.25, 0.3) is 0 Å². The Morgan fingerprint density at radius 3 is 2.79 bits per heavy atom. The van der Waals surface area contributed by atoms with Gasteiger partial charge in [-0.15, -0.1) is 0 Å². The number of methoxy groups -OCH3 is 1. The normalized spacial score (nSPS) is 15.0. The van der Waals surface area contributed by atoms with Crippen LogP contribution in [0.4, 0.5) is 0 Å². The first-order valence-electron chi connectivity index (χ1n) is 8.76. The minimum absolute atomic E-state index is 0.133. The largest absolute Gasteiger partial charge is 0.493 e. The summed E-state index contributed by atoms with van der Waals surface area (Å²) >= 11 is 3.46. The van der Waals surface area contributed by atoms with E-state index in [9.17, 15) is 9.59 Å². The highest BCUT2D eigenvalue weighted by Crippen LogP contribution is 2.34. The van der Waals surface area contributed by atoms with Crippen LogP contribution in [0.3, 0.4) is 0 Å². The van der Waals surface area contributed by atoms with E-state index in [-0.39, 0.29) is 24.5 Å². The van der Waals surface area contributed by atoms with Crippen LogP contribution in [0.5, 0.6) is 17.2 Å². The number of amides is 2. The monoisotopic (exact) mass is 448 g/mol. The molecule has 0 saturated carbocycles. The Bertz CT molecular complexity index is 887. The van der Waals surface area contributed by atoms with Gasteiger partial charge in [0, 0.05) is 29.1 Å². The summed E-state index contributed by atoms with van der Waals surface area (Å²) in [5.74, 6) is 1.06. The van der Waals surface area contributed by atoms with Crippen molar-refractivity contribution in [2.75, 3.05) is 27.4 Å². The van der Waals surface area contributed by atoms with Crippen molar-refractivity contribution >= 4 is 27.7 Å². The minimum atomic E-state index is -0.256. The summed E-state index contributed by atoms with van der Waals surface area (Å²) < 4.78 is 17.3. The van der Waals surface area contributed by atoms with Crippen molar-refractivity contribution in [2.45, 2.75) is 12.5 Å². The van der Waals surface area contributed by atoms with Crippen LogP contribution in [0.1, 0.15) is 28.4 Å². The SMILES string of the molecule is CNC(=O)COc1ccc(C(=O)NC2CCOc3ccc(Br)cc32)cc1OC. The number of carbonyl (C=O) groups is 2. The maximum atomic E-state index is 12.8. The molecular weight excluding hydrogens is 428 g/mol. The topological polar surface area (TPSA) is 85.9 Å². The molecule has 1 atom stereocenters. The lowest BCUT2D eigenvalue weighted by Gasteiger charge is -2.27. The first-order valence-corrected chi connectivity index (χ1v) is 9.55. The second-order valence-electron chi connectivity index (χ2n) is 6.17. The van der Waals surface area contributed by atoms with Gasteiger partial charge in [0.1, 0.15) is 5.75 Å². The lowest BCUT2D eigenvalue weighted by Crippen LogP contribution is -2.32. The van der Waals surface area contributed by atoms with Gasteiger partial charge in [0.15, 0.2) is 18.1 Å². The second-order valence-corrected chi connectivity index (χ2v) is 7.09. The van der Waals surface area contributed by atoms with Gasteiger partial charge in [-0.2, -0.15) is 0 Å². The number of hydrogen-bond donors (Lipinski definition) is 2. The quantitative estimate of drug-likeness (QED) is 0.709. The molecule has 0 spiro atoms. The zero-order valence-electron chi connectivity index (χ0n) is 15.6.